The lowest BCUT2D eigenvalue weighted by molar-refractivity contribution is -0.143. The van der Waals surface area contributed by atoms with Crippen molar-refractivity contribution < 1.29 is 19.4 Å². The van der Waals surface area contributed by atoms with Crippen LogP contribution in [-0.2, 0) is 9.53 Å². The Morgan fingerprint density at radius 1 is 1.43 bits per heavy atom. The lowest BCUT2D eigenvalue weighted by atomic mass is 10.0. The van der Waals surface area contributed by atoms with E-state index in [0.717, 1.165) is 16.8 Å². The van der Waals surface area contributed by atoms with Crippen LogP contribution in [0.4, 0.5) is 0 Å². The van der Waals surface area contributed by atoms with Crippen LogP contribution in [-0.4, -0.2) is 54.9 Å². The van der Waals surface area contributed by atoms with Crippen LogP contribution >= 0.6 is 15.9 Å². The maximum Gasteiger partial charge on any atom is 0.310 e. The van der Waals surface area contributed by atoms with Crippen LogP contribution in [0.3, 0.4) is 0 Å². The molecule has 2 unspecified atom stereocenters. The first kappa shape index (κ1) is 16.3. The number of hydrogen-bond acceptors (Lipinski definition) is 4. The molecule has 0 saturated carbocycles. The number of likely N-dealkylation sites (N-methyl/N-ethyl adjacent to an activating group) is 1. The van der Waals surface area contributed by atoms with Gasteiger partial charge < -0.3 is 14.6 Å². The summed E-state index contributed by atoms with van der Waals surface area (Å²) in [4.78, 5) is 13.3. The van der Waals surface area contributed by atoms with Crippen molar-refractivity contribution in [2.45, 2.75) is 13.0 Å². The van der Waals surface area contributed by atoms with Crippen molar-refractivity contribution in [3.05, 3.63) is 28.7 Å². The number of carboxylic acid groups (broad SMARTS) is 1. The van der Waals surface area contributed by atoms with E-state index in [1.807, 2.05) is 31.2 Å². The first-order valence-corrected chi connectivity index (χ1v) is 7.84. The van der Waals surface area contributed by atoms with Gasteiger partial charge in [0.25, 0.3) is 0 Å². The van der Waals surface area contributed by atoms with Crippen molar-refractivity contribution in [3.63, 3.8) is 0 Å². The molecule has 116 valence electrons. The summed E-state index contributed by atoms with van der Waals surface area (Å²) in [5.41, 5.74) is 0. The van der Waals surface area contributed by atoms with Crippen LogP contribution < -0.4 is 4.74 Å². The van der Waals surface area contributed by atoms with E-state index in [1.54, 1.807) is 0 Å². The predicted octanol–water partition coefficient (Wildman–Crippen LogP) is 2.25. The number of carboxylic acids is 1. The summed E-state index contributed by atoms with van der Waals surface area (Å²) in [5.74, 6) is -0.422. The SMILES string of the molecule is CCN(CCOc1ccc(Br)cc1)C1COCC1C(=O)O. The first-order chi connectivity index (χ1) is 10.1. The third-order valence-corrected chi connectivity index (χ3v) is 4.23. The fourth-order valence-electron chi connectivity index (χ4n) is 2.51. The molecule has 0 aliphatic carbocycles. The molecule has 1 saturated heterocycles. The molecule has 1 N–H and O–H groups in total. The van der Waals surface area contributed by atoms with Crippen LogP contribution in [0.2, 0.25) is 0 Å². The number of benzene rings is 1. The Morgan fingerprint density at radius 2 is 2.14 bits per heavy atom. The topological polar surface area (TPSA) is 59.0 Å². The molecular formula is C15H20BrNO4. The lowest BCUT2D eigenvalue weighted by Crippen LogP contribution is -2.44. The smallest absolute Gasteiger partial charge is 0.310 e. The van der Waals surface area contributed by atoms with Crippen LogP contribution in [0.5, 0.6) is 5.75 Å². The number of nitrogens with zero attached hydrogens (tertiary/aromatic N) is 1. The van der Waals surface area contributed by atoms with E-state index in [1.165, 1.54) is 0 Å². The first-order valence-electron chi connectivity index (χ1n) is 7.04. The van der Waals surface area contributed by atoms with Crippen molar-refractivity contribution in [2.24, 2.45) is 5.92 Å². The number of aliphatic carboxylic acids is 1. The highest BCUT2D eigenvalue weighted by Gasteiger charge is 2.37. The molecule has 5 nitrogen and oxygen atoms in total. The minimum Gasteiger partial charge on any atom is -0.492 e. The summed E-state index contributed by atoms with van der Waals surface area (Å²) in [6, 6.07) is 7.59. The summed E-state index contributed by atoms with van der Waals surface area (Å²) < 4.78 is 12.0. The molecule has 1 aliphatic rings. The summed E-state index contributed by atoms with van der Waals surface area (Å²) in [6.07, 6.45) is 0. The number of halogens is 1. The van der Waals surface area contributed by atoms with Gasteiger partial charge in [0.1, 0.15) is 12.4 Å². The summed E-state index contributed by atoms with van der Waals surface area (Å²) in [7, 11) is 0. The van der Waals surface area contributed by atoms with Gasteiger partial charge in [0.2, 0.25) is 0 Å². The van der Waals surface area contributed by atoms with E-state index in [9.17, 15) is 9.90 Å². The van der Waals surface area contributed by atoms with E-state index in [2.05, 4.69) is 20.8 Å². The molecule has 0 amide bonds. The molecular weight excluding hydrogens is 338 g/mol. The quantitative estimate of drug-likeness (QED) is 0.810. The standard InChI is InChI=1S/C15H20BrNO4/c1-2-17(14-10-20-9-13(14)15(18)19)7-8-21-12-5-3-11(16)4-6-12/h3-6,13-14H,2,7-10H2,1H3,(H,18,19). The van der Waals surface area contributed by atoms with E-state index in [4.69, 9.17) is 9.47 Å². The fraction of sp³-hybridized carbons (Fsp3) is 0.533. The number of ether oxygens (including phenoxy) is 2. The summed E-state index contributed by atoms with van der Waals surface area (Å²) in [5, 5.41) is 9.22. The molecule has 21 heavy (non-hydrogen) atoms. The highest BCUT2D eigenvalue weighted by Crippen LogP contribution is 2.20. The zero-order valence-corrected chi connectivity index (χ0v) is 13.6. The van der Waals surface area contributed by atoms with Crippen LogP contribution in [0, 0.1) is 5.92 Å². The molecule has 0 spiro atoms. The Balaban J connectivity index is 1.85. The third kappa shape index (κ3) is 4.43. The predicted molar refractivity (Wildman–Crippen MR) is 82.6 cm³/mol. The van der Waals surface area contributed by atoms with Gasteiger partial charge in [0, 0.05) is 17.1 Å². The van der Waals surface area contributed by atoms with E-state index >= 15 is 0 Å². The summed E-state index contributed by atoms with van der Waals surface area (Å²) in [6.45, 7) is 4.79. The Morgan fingerprint density at radius 3 is 2.76 bits per heavy atom. The molecule has 1 aromatic carbocycles. The van der Waals surface area contributed by atoms with Gasteiger partial charge in [-0.25, -0.2) is 0 Å². The molecule has 2 atom stereocenters. The lowest BCUT2D eigenvalue weighted by Gasteiger charge is -2.28. The number of carbonyl (C=O) groups is 1. The molecule has 2 rings (SSSR count). The van der Waals surface area contributed by atoms with Gasteiger partial charge in [-0.15, -0.1) is 0 Å². The van der Waals surface area contributed by atoms with Gasteiger partial charge in [-0.3, -0.25) is 9.69 Å². The second-order valence-corrected chi connectivity index (χ2v) is 5.90. The van der Waals surface area contributed by atoms with Crippen LogP contribution in [0.25, 0.3) is 0 Å². The van der Waals surface area contributed by atoms with E-state index in [-0.39, 0.29) is 6.04 Å². The van der Waals surface area contributed by atoms with Gasteiger partial charge in [-0.1, -0.05) is 22.9 Å². The molecule has 1 aliphatic heterocycles. The van der Waals surface area contributed by atoms with Gasteiger partial charge >= 0.3 is 5.97 Å². The zero-order chi connectivity index (χ0) is 15.2. The van der Waals surface area contributed by atoms with Crippen molar-refractivity contribution in [1.29, 1.82) is 0 Å². The van der Waals surface area contributed by atoms with Gasteiger partial charge in [0.05, 0.1) is 19.1 Å². The Hall–Kier alpha value is -1.11. The van der Waals surface area contributed by atoms with Gasteiger partial charge in [0.15, 0.2) is 0 Å². The average Bonchev–Trinajstić information content (AvgIpc) is 2.95. The second kappa shape index (κ2) is 7.77. The minimum absolute atomic E-state index is 0.0685. The highest BCUT2D eigenvalue weighted by molar-refractivity contribution is 9.10. The van der Waals surface area contributed by atoms with Crippen molar-refractivity contribution in [1.82, 2.24) is 4.90 Å². The molecule has 1 fully saturated rings. The Bertz CT molecular complexity index is 465. The molecule has 6 heteroatoms. The Kier molecular flexibility index (Phi) is 6.02. The molecule has 1 heterocycles. The highest BCUT2D eigenvalue weighted by atomic mass is 79.9. The minimum atomic E-state index is -0.787. The summed E-state index contributed by atoms with van der Waals surface area (Å²) >= 11 is 3.38. The third-order valence-electron chi connectivity index (χ3n) is 3.70. The van der Waals surface area contributed by atoms with Gasteiger partial charge in [-0.2, -0.15) is 0 Å². The number of hydrogen-bond donors (Lipinski definition) is 1. The normalized spacial score (nSPS) is 21.7. The molecule has 0 aromatic heterocycles. The fourth-order valence-corrected chi connectivity index (χ4v) is 2.77. The molecule has 0 radical (unpaired) electrons. The largest absolute Gasteiger partial charge is 0.492 e. The van der Waals surface area contributed by atoms with Crippen molar-refractivity contribution in [2.75, 3.05) is 32.9 Å². The van der Waals surface area contributed by atoms with Crippen molar-refractivity contribution in [3.8, 4) is 5.75 Å². The van der Waals surface area contributed by atoms with E-state index in [0.29, 0.717) is 26.4 Å². The van der Waals surface area contributed by atoms with Crippen LogP contribution in [0.15, 0.2) is 28.7 Å². The van der Waals surface area contributed by atoms with E-state index < -0.39 is 11.9 Å². The maximum atomic E-state index is 11.2. The monoisotopic (exact) mass is 357 g/mol. The zero-order valence-electron chi connectivity index (χ0n) is 12.0. The number of rotatable bonds is 7. The van der Waals surface area contributed by atoms with Crippen molar-refractivity contribution >= 4 is 21.9 Å². The average molecular weight is 358 g/mol. The van der Waals surface area contributed by atoms with Gasteiger partial charge in [-0.05, 0) is 30.8 Å². The molecule has 0 bridgehead atoms. The Labute approximate surface area is 133 Å². The molecule has 1 aromatic rings. The van der Waals surface area contributed by atoms with Crippen LogP contribution in [0.1, 0.15) is 6.92 Å². The maximum absolute atomic E-state index is 11.2. The second-order valence-electron chi connectivity index (χ2n) is 4.98.